The van der Waals surface area contributed by atoms with E-state index in [2.05, 4.69) is 66.3 Å². The van der Waals surface area contributed by atoms with Crippen molar-refractivity contribution in [2.75, 3.05) is 5.01 Å². The van der Waals surface area contributed by atoms with Gasteiger partial charge in [-0.2, -0.15) is 5.10 Å². The highest BCUT2D eigenvalue weighted by molar-refractivity contribution is 5.98. The van der Waals surface area contributed by atoms with Crippen LogP contribution in [0.1, 0.15) is 28.1 Å². The third-order valence-electron chi connectivity index (χ3n) is 4.66. The lowest BCUT2D eigenvalue weighted by Gasteiger charge is -2.24. The Kier molecular flexibility index (Phi) is 3.53. The summed E-state index contributed by atoms with van der Waals surface area (Å²) in [5.41, 5.74) is 7.83. The van der Waals surface area contributed by atoms with Crippen LogP contribution in [0.15, 0.2) is 60.3 Å². The number of benzene rings is 1. The molecule has 0 saturated heterocycles. The van der Waals surface area contributed by atoms with E-state index in [0.29, 0.717) is 0 Å². The van der Waals surface area contributed by atoms with E-state index in [0.717, 1.165) is 34.0 Å². The molecule has 0 fully saturated rings. The first kappa shape index (κ1) is 15.4. The molecule has 0 unspecified atom stereocenters. The molecule has 0 bridgehead atoms. The number of nitrogens with zero attached hydrogens (tertiary/aromatic N) is 4. The first-order valence-electron chi connectivity index (χ1n) is 8.31. The Balaban J connectivity index is 1.86. The summed E-state index contributed by atoms with van der Waals surface area (Å²) < 4.78 is 2.27. The fraction of sp³-hybridized carbons (Fsp3) is 0.143. The molecule has 1 aliphatic rings. The van der Waals surface area contributed by atoms with Crippen LogP contribution in [0.25, 0.3) is 11.4 Å². The van der Waals surface area contributed by atoms with Gasteiger partial charge in [0.25, 0.3) is 0 Å². The molecule has 4 nitrogen and oxygen atoms in total. The topological polar surface area (TPSA) is 33.4 Å². The maximum atomic E-state index is 4.58. The fourth-order valence-corrected chi connectivity index (χ4v) is 3.50. The van der Waals surface area contributed by atoms with E-state index < -0.39 is 0 Å². The average Bonchev–Trinajstić information content (AvgIpc) is 2.87. The SMILES string of the molecule is C=C1c2c(c(C)n(-c3cccc(C)c3)c2C)C=NN1c1ccccn1. The predicted molar refractivity (Wildman–Crippen MR) is 103 cm³/mol. The molecular formula is C21H20N4. The van der Waals surface area contributed by atoms with Crippen molar-refractivity contribution in [2.24, 2.45) is 5.10 Å². The van der Waals surface area contributed by atoms with Crippen LogP contribution >= 0.6 is 0 Å². The standard InChI is InChI=1S/C21H20N4/c1-14-8-7-9-18(12-14)24-15(2)19-13-23-25(17(4)21(19)16(24)3)20-10-5-6-11-22-20/h5-13H,4H2,1-3H3. The highest BCUT2D eigenvalue weighted by atomic mass is 15.5. The Morgan fingerprint density at radius 3 is 2.52 bits per heavy atom. The molecule has 3 heterocycles. The van der Waals surface area contributed by atoms with Crippen molar-refractivity contribution in [1.82, 2.24) is 9.55 Å². The van der Waals surface area contributed by atoms with Crippen molar-refractivity contribution in [2.45, 2.75) is 20.8 Å². The number of fused-ring (bicyclic) bond motifs is 1. The van der Waals surface area contributed by atoms with Crippen molar-refractivity contribution >= 4 is 17.7 Å². The van der Waals surface area contributed by atoms with Gasteiger partial charge in [-0.05, 0) is 50.6 Å². The third kappa shape index (κ3) is 2.38. The number of rotatable bonds is 2. The minimum absolute atomic E-state index is 0.773. The Morgan fingerprint density at radius 1 is 0.960 bits per heavy atom. The summed E-state index contributed by atoms with van der Waals surface area (Å²) in [6.45, 7) is 10.7. The lowest BCUT2D eigenvalue weighted by atomic mass is 10.1. The highest BCUT2D eigenvalue weighted by Crippen LogP contribution is 2.35. The molecule has 0 amide bonds. The molecular weight excluding hydrogens is 308 g/mol. The number of pyridine rings is 1. The minimum Gasteiger partial charge on any atom is -0.317 e. The Morgan fingerprint density at radius 2 is 1.80 bits per heavy atom. The number of aryl methyl sites for hydroxylation is 1. The van der Waals surface area contributed by atoms with E-state index in [9.17, 15) is 0 Å². The van der Waals surface area contributed by atoms with Gasteiger partial charge in [-0.25, -0.2) is 9.99 Å². The fourth-order valence-electron chi connectivity index (χ4n) is 3.50. The summed E-state index contributed by atoms with van der Waals surface area (Å²) in [6.07, 6.45) is 3.68. The van der Waals surface area contributed by atoms with Crippen LogP contribution in [-0.2, 0) is 0 Å². The van der Waals surface area contributed by atoms with Crippen molar-refractivity contribution in [1.29, 1.82) is 0 Å². The highest BCUT2D eigenvalue weighted by Gasteiger charge is 2.26. The van der Waals surface area contributed by atoms with Crippen LogP contribution in [0.4, 0.5) is 5.82 Å². The summed E-state index contributed by atoms with van der Waals surface area (Å²) in [4.78, 5) is 4.40. The van der Waals surface area contributed by atoms with Crippen molar-refractivity contribution in [3.63, 3.8) is 0 Å². The minimum atomic E-state index is 0.773. The molecule has 3 aromatic rings. The molecule has 25 heavy (non-hydrogen) atoms. The van der Waals surface area contributed by atoms with Gasteiger partial charge >= 0.3 is 0 Å². The molecule has 0 atom stereocenters. The smallest absolute Gasteiger partial charge is 0.153 e. The third-order valence-corrected chi connectivity index (χ3v) is 4.66. The largest absolute Gasteiger partial charge is 0.317 e. The number of hydrazone groups is 1. The van der Waals surface area contributed by atoms with Crippen molar-refractivity contribution in [3.05, 3.63) is 83.3 Å². The first-order valence-corrected chi connectivity index (χ1v) is 8.31. The van der Waals surface area contributed by atoms with Crippen LogP contribution in [0.5, 0.6) is 0 Å². The van der Waals surface area contributed by atoms with Gasteiger partial charge in [0.15, 0.2) is 5.82 Å². The van der Waals surface area contributed by atoms with Crippen LogP contribution in [0.3, 0.4) is 0 Å². The molecule has 1 aliphatic heterocycles. The van der Waals surface area contributed by atoms with Gasteiger partial charge in [0.2, 0.25) is 0 Å². The van der Waals surface area contributed by atoms with Gasteiger partial charge in [-0.3, -0.25) is 0 Å². The van der Waals surface area contributed by atoms with Gasteiger partial charge < -0.3 is 4.57 Å². The van der Waals surface area contributed by atoms with E-state index in [-0.39, 0.29) is 0 Å². The zero-order chi connectivity index (χ0) is 17.6. The maximum Gasteiger partial charge on any atom is 0.153 e. The van der Waals surface area contributed by atoms with Gasteiger partial charge in [-0.1, -0.05) is 24.8 Å². The van der Waals surface area contributed by atoms with E-state index in [4.69, 9.17) is 0 Å². The molecule has 0 saturated carbocycles. The van der Waals surface area contributed by atoms with Crippen molar-refractivity contribution in [3.8, 4) is 5.69 Å². The molecule has 0 spiro atoms. The van der Waals surface area contributed by atoms with Gasteiger partial charge in [0.1, 0.15) is 0 Å². The lowest BCUT2D eigenvalue weighted by molar-refractivity contribution is 0.960. The van der Waals surface area contributed by atoms with Crippen molar-refractivity contribution < 1.29 is 0 Å². The number of aromatic nitrogens is 2. The van der Waals surface area contributed by atoms with E-state index in [1.165, 1.54) is 11.3 Å². The molecule has 0 N–H and O–H groups in total. The maximum absolute atomic E-state index is 4.58. The van der Waals surface area contributed by atoms with Gasteiger partial charge in [-0.15, -0.1) is 0 Å². The summed E-state index contributed by atoms with van der Waals surface area (Å²) in [5, 5.41) is 6.38. The van der Waals surface area contributed by atoms with Crippen LogP contribution < -0.4 is 5.01 Å². The molecule has 0 radical (unpaired) electrons. The molecule has 124 valence electrons. The second kappa shape index (κ2) is 5.74. The molecule has 4 heteroatoms. The van der Waals surface area contributed by atoms with Crippen LogP contribution in [0.2, 0.25) is 0 Å². The number of hydrogen-bond acceptors (Lipinski definition) is 3. The monoisotopic (exact) mass is 328 g/mol. The van der Waals surface area contributed by atoms with Crippen LogP contribution in [-0.4, -0.2) is 15.8 Å². The summed E-state index contributed by atoms with van der Waals surface area (Å²) in [6, 6.07) is 14.3. The van der Waals surface area contributed by atoms with Gasteiger partial charge in [0.05, 0.1) is 11.9 Å². The summed E-state index contributed by atoms with van der Waals surface area (Å²) >= 11 is 0. The van der Waals surface area contributed by atoms with Crippen LogP contribution in [0, 0.1) is 20.8 Å². The zero-order valence-electron chi connectivity index (χ0n) is 14.7. The van der Waals surface area contributed by atoms with E-state index >= 15 is 0 Å². The predicted octanol–water partition coefficient (Wildman–Crippen LogP) is 4.62. The average molecular weight is 328 g/mol. The molecule has 2 aromatic heterocycles. The van der Waals surface area contributed by atoms with E-state index in [1.807, 2.05) is 24.4 Å². The summed E-state index contributed by atoms with van der Waals surface area (Å²) in [7, 11) is 0. The Labute approximate surface area is 147 Å². The Hall–Kier alpha value is -3.14. The van der Waals surface area contributed by atoms with E-state index in [1.54, 1.807) is 11.2 Å². The first-order chi connectivity index (χ1) is 12.1. The van der Waals surface area contributed by atoms with Gasteiger partial charge in [0, 0.05) is 34.4 Å². The Bertz CT molecular complexity index is 996. The second-order valence-corrected chi connectivity index (χ2v) is 6.32. The molecule has 4 rings (SSSR count). The number of anilines is 1. The second-order valence-electron chi connectivity index (χ2n) is 6.32. The lowest BCUT2D eigenvalue weighted by Crippen LogP contribution is -2.20. The molecule has 0 aliphatic carbocycles. The quantitative estimate of drug-likeness (QED) is 0.687. The number of hydrogen-bond donors (Lipinski definition) is 0. The summed E-state index contributed by atoms with van der Waals surface area (Å²) in [5.74, 6) is 0.773. The molecule has 1 aromatic carbocycles. The normalized spacial score (nSPS) is 13.2. The zero-order valence-corrected chi connectivity index (χ0v) is 14.7.